The summed E-state index contributed by atoms with van der Waals surface area (Å²) in [6.45, 7) is 3.25. The van der Waals surface area contributed by atoms with Crippen molar-refractivity contribution in [2.75, 3.05) is 17.7 Å². The second kappa shape index (κ2) is 11.1. The van der Waals surface area contributed by atoms with E-state index in [2.05, 4.69) is 26.2 Å². The molecule has 3 aromatic rings. The Morgan fingerprint density at radius 3 is 2.76 bits per heavy atom. The third-order valence-electron chi connectivity index (χ3n) is 5.32. The Labute approximate surface area is 196 Å². The van der Waals surface area contributed by atoms with Crippen LogP contribution >= 0.6 is 11.8 Å². The van der Waals surface area contributed by atoms with Gasteiger partial charge in [-0.05, 0) is 47.9 Å². The largest absolute Gasteiger partial charge is 0.376 e. The van der Waals surface area contributed by atoms with Gasteiger partial charge in [0.05, 0.1) is 35.7 Å². The number of hydrogen-bond donors (Lipinski definition) is 2. The van der Waals surface area contributed by atoms with Crippen LogP contribution in [0.5, 0.6) is 0 Å². The van der Waals surface area contributed by atoms with Crippen LogP contribution in [0.15, 0.2) is 59.8 Å². The first-order chi connectivity index (χ1) is 16.1. The van der Waals surface area contributed by atoms with Gasteiger partial charge < -0.3 is 15.4 Å². The van der Waals surface area contributed by atoms with Crippen molar-refractivity contribution in [1.82, 2.24) is 25.5 Å². The van der Waals surface area contributed by atoms with E-state index in [1.165, 1.54) is 11.8 Å². The van der Waals surface area contributed by atoms with Crippen molar-refractivity contribution < 1.29 is 14.3 Å². The van der Waals surface area contributed by atoms with Crippen LogP contribution in [0.3, 0.4) is 0 Å². The zero-order chi connectivity index (χ0) is 23.0. The van der Waals surface area contributed by atoms with Crippen LogP contribution in [-0.4, -0.2) is 50.5 Å². The lowest BCUT2D eigenvalue weighted by Crippen LogP contribution is -2.28. The third-order valence-corrected chi connectivity index (χ3v) is 6.28. The minimum atomic E-state index is -0.254. The van der Waals surface area contributed by atoms with E-state index in [0.29, 0.717) is 23.0 Å². The lowest BCUT2D eigenvalue weighted by atomic mass is 10.1. The van der Waals surface area contributed by atoms with Crippen molar-refractivity contribution >= 4 is 29.3 Å². The number of ether oxygens (including phenoxy) is 1. The summed E-state index contributed by atoms with van der Waals surface area (Å²) < 4.78 is 7.30. The minimum Gasteiger partial charge on any atom is -0.376 e. The molecule has 1 aliphatic heterocycles. The van der Waals surface area contributed by atoms with Crippen molar-refractivity contribution in [2.45, 2.75) is 43.6 Å². The average Bonchev–Trinajstić information content (AvgIpc) is 3.51. The quantitative estimate of drug-likeness (QED) is 0.466. The van der Waals surface area contributed by atoms with Gasteiger partial charge in [-0.3, -0.25) is 9.59 Å². The van der Waals surface area contributed by atoms with Gasteiger partial charge >= 0.3 is 0 Å². The summed E-state index contributed by atoms with van der Waals surface area (Å²) in [4.78, 5) is 25.5. The summed E-state index contributed by atoms with van der Waals surface area (Å²) in [6.07, 6.45) is 2.12. The SMILES string of the molecule is C[C@@H](NC(=O)c1ccccc1NC(=O)CSc1nnnn1C[C@@H]1CCCO1)c1ccccc1. The summed E-state index contributed by atoms with van der Waals surface area (Å²) in [7, 11) is 0. The maximum Gasteiger partial charge on any atom is 0.253 e. The standard InChI is InChI=1S/C23H26N6O3S/c1-16(17-8-3-2-4-9-17)24-22(31)19-11-5-6-12-20(19)25-21(30)15-33-23-26-27-28-29(23)14-18-10-7-13-32-18/h2-6,8-9,11-12,16,18H,7,10,13-15H2,1H3,(H,24,31)(H,25,30)/t16-,18+/m1/s1. The fourth-order valence-corrected chi connectivity index (χ4v) is 4.29. The lowest BCUT2D eigenvalue weighted by molar-refractivity contribution is -0.113. The average molecular weight is 467 g/mol. The fourth-order valence-electron chi connectivity index (χ4n) is 3.60. The van der Waals surface area contributed by atoms with Crippen molar-refractivity contribution in [3.8, 4) is 0 Å². The number of carbonyl (C=O) groups is 2. The van der Waals surface area contributed by atoms with Crippen LogP contribution in [0.2, 0.25) is 0 Å². The van der Waals surface area contributed by atoms with Crippen LogP contribution in [-0.2, 0) is 16.1 Å². The van der Waals surface area contributed by atoms with E-state index < -0.39 is 0 Å². The maximum absolute atomic E-state index is 12.9. The monoisotopic (exact) mass is 466 g/mol. The van der Waals surface area contributed by atoms with Crippen LogP contribution in [0.25, 0.3) is 0 Å². The predicted octanol–water partition coefficient (Wildman–Crippen LogP) is 3.07. The molecular formula is C23H26N6O3S. The summed E-state index contributed by atoms with van der Waals surface area (Å²) in [5, 5.41) is 18.1. The minimum absolute atomic E-state index is 0.102. The molecule has 0 radical (unpaired) electrons. The first-order valence-corrected chi connectivity index (χ1v) is 11.8. The summed E-state index contributed by atoms with van der Waals surface area (Å²) in [5.74, 6) is -0.388. The molecule has 1 fully saturated rings. The molecule has 0 unspecified atom stereocenters. The number of aromatic nitrogens is 4. The number of nitrogens with one attached hydrogen (secondary N) is 2. The normalized spacial score (nSPS) is 16.3. The predicted molar refractivity (Wildman–Crippen MR) is 125 cm³/mol. The molecule has 9 nitrogen and oxygen atoms in total. The summed E-state index contributed by atoms with van der Waals surface area (Å²) in [5.41, 5.74) is 1.87. The van der Waals surface area contributed by atoms with Gasteiger partial charge in [-0.25, -0.2) is 4.68 Å². The van der Waals surface area contributed by atoms with E-state index >= 15 is 0 Å². The number of anilines is 1. The fraction of sp³-hybridized carbons (Fsp3) is 0.348. The van der Waals surface area contributed by atoms with Crippen LogP contribution in [0.4, 0.5) is 5.69 Å². The zero-order valence-corrected chi connectivity index (χ0v) is 19.1. The van der Waals surface area contributed by atoms with Crippen molar-refractivity contribution in [2.24, 2.45) is 0 Å². The topological polar surface area (TPSA) is 111 Å². The molecule has 2 amide bonds. The molecule has 0 bridgehead atoms. The molecule has 2 atom stereocenters. The number of amides is 2. The van der Waals surface area contributed by atoms with E-state index in [9.17, 15) is 9.59 Å². The summed E-state index contributed by atoms with van der Waals surface area (Å²) in [6, 6.07) is 16.5. The number of benzene rings is 2. The number of para-hydroxylation sites is 1. The first kappa shape index (κ1) is 22.9. The van der Waals surface area contributed by atoms with Gasteiger partial charge in [-0.1, -0.05) is 54.2 Å². The Hall–Kier alpha value is -3.24. The highest BCUT2D eigenvalue weighted by Gasteiger charge is 2.20. The molecule has 1 saturated heterocycles. The number of thioether (sulfide) groups is 1. The molecule has 2 aromatic carbocycles. The molecule has 1 aromatic heterocycles. The van der Waals surface area contributed by atoms with Gasteiger partial charge in [0.1, 0.15) is 0 Å². The van der Waals surface area contributed by atoms with Gasteiger partial charge in [0.2, 0.25) is 11.1 Å². The maximum atomic E-state index is 12.9. The number of hydrogen-bond acceptors (Lipinski definition) is 7. The van der Waals surface area contributed by atoms with E-state index in [4.69, 9.17) is 4.74 Å². The molecule has 10 heteroatoms. The van der Waals surface area contributed by atoms with Gasteiger partial charge in [0.25, 0.3) is 5.91 Å². The number of carbonyl (C=O) groups excluding carboxylic acids is 2. The highest BCUT2D eigenvalue weighted by Crippen LogP contribution is 2.21. The van der Waals surface area contributed by atoms with E-state index in [-0.39, 0.29) is 29.7 Å². The second-order valence-corrected chi connectivity index (χ2v) is 8.71. The van der Waals surface area contributed by atoms with Gasteiger partial charge in [-0.2, -0.15) is 0 Å². The number of rotatable bonds is 9. The molecular weight excluding hydrogens is 440 g/mol. The highest BCUT2D eigenvalue weighted by atomic mass is 32.2. The van der Waals surface area contributed by atoms with Crippen molar-refractivity contribution in [3.63, 3.8) is 0 Å². The Kier molecular flexibility index (Phi) is 7.69. The summed E-state index contributed by atoms with van der Waals surface area (Å²) >= 11 is 1.25. The molecule has 0 aliphatic carbocycles. The van der Waals surface area contributed by atoms with Crippen LogP contribution in [0.1, 0.15) is 41.7 Å². The Balaban J connectivity index is 1.34. The molecule has 0 spiro atoms. The molecule has 1 aliphatic rings. The first-order valence-electron chi connectivity index (χ1n) is 10.9. The van der Waals surface area contributed by atoms with Crippen LogP contribution < -0.4 is 10.6 Å². The molecule has 2 N–H and O–H groups in total. The smallest absolute Gasteiger partial charge is 0.253 e. The second-order valence-electron chi connectivity index (χ2n) is 7.77. The number of nitrogens with zero attached hydrogens (tertiary/aromatic N) is 4. The molecule has 0 saturated carbocycles. The van der Waals surface area contributed by atoms with Crippen LogP contribution in [0, 0.1) is 0 Å². The molecule has 4 rings (SSSR count). The van der Waals surface area contributed by atoms with Crippen molar-refractivity contribution in [3.05, 3.63) is 65.7 Å². The lowest BCUT2D eigenvalue weighted by Gasteiger charge is -2.16. The van der Waals surface area contributed by atoms with Gasteiger partial charge in [-0.15, -0.1) is 5.10 Å². The Morgan fingerprint density at radius 1 is 1.18 bits per heavy atom. The Bertz CT molecular complexity index is 1080. The molecule has 2 heterocycles. The van der Waals surface area contributed by atoms with E-state index in [1.807, 2.05) is 37.3 Å². The Morgan fingerprint density at radius 2 is 1.97 bits per heavy atom. The molecule has 33 heavy (non-hydrogen) atoms. The number of tetrazole rings is 1. The highest BCUT2D eigenvalue weighted by molar-refractivity contribution is 7.99. The van der Waals surface area contributed by atoms with Gasteiger partial charge in [0, 0.05) is 6.61 Å². The van der Waals surface area contributed by atoms with Gasteiger partial charge in [0.15, 0.2) is 0 Å². The van der Waals surface area contributed by atoms with E-state index in [1.54, 1.807) is 28.9 Å². The van der Waals surface area contributed by atoms with Crippen molar-refractivity contribution in [1.29, 1.82) is 0 Å². The van der Waals surface area contributed by atoms with E-state index in [0.717, 1.165) is 25.0 Å². The molecule has 172 valence electrons. The third kappa shape index (κ3) is 6.17. The zero-order valence-electron chi connectivity index (χ0n) is 18.3.